The second-order valence-electron chi connectivity index (χ2n) is 3.79. The predicted molar refractivity (Wildman–Crippen MR) is 71.8 cm³/mol. The van der Waals surface area contributed by atoms with Gasteiger partial charge in [0.15, 0.2) is 5.16 Å². The maximum Gasteiger partial charge on any atom is 0.190 e. The van der Waals surface area contributed by atoms with E-state index in [1.165, 1.54) is 11.8 Å². The number of nitrogens with two attached hydrogens (primary N) is 1. The zero-order valence-corrected chi connectivity index (χ0v) is 11.7. The molecule has 0 amide bonds. The standard InChI is InChI=1S/C10H18N4S2/c1-6(2)7(3)16-9-5-8(14-11)12-10(13-9)15-4/h5-7H,11H2,1-4H3,(H,12,13,14). The maximum absolute atomic E-state index is 5.37. The molecule has 90 valence electrons. The minimum atomic E-state index is 0.523. The normalized spacial score (nSPS) is 12.9. The van der Waals surface area contributed by atoms with Gasteiger partial charge in [0.25, 0.3) is 0 Å². The molecule has 16 heavy (non-hydrogen) atoms. The molecule has 1 atom stereocenters. The highest BCUT2D eigenvalue weighted by Gasteiger charge is 2.11. The second-order valence-corrected chi connectivity index (χ2v) is 5.96. The van der Waals surface area contributed by atoms with E-state index in [1.54, 1.807) is 11.8 Å². The van der Waals surface area contributed by atoms with E-state index < -0.39 is 0 Å². The summed E-state index contributed by atoms with van der Waals surface area (Å²) in [5.41, 5.74) is 2.57. The highest BCUT2D eigenvalue weighted by molar-refractivity contribution is 8.00. The Labute approximate surface area is 105 Å². The topological polar surface area (TPSA) is 63.8 Å². The average molecular weight is 258 g/mol. The number of hydrazine groups is 1. The first kappa shape index (κ1) is 13.6. The zero-order chi connectivity index (χ0) is 12.1. The van der Waals surface area contributed by atoms with Gasteiger partial charge >= 0.3 is 0 Å². The number of hydrogen-bond acceptors (Lipinski definition) is 6. The van der Waals surface area contributed by atoms with Crippen LogP contribution in [-0.2, 0) is 0 Å². The molecule has 0 saturated carbocycles. The molecule has 1 aromatic heterocycles. The van der Waals surface area contributed by atoms with Gasteiger partial charge in [-0.3, -0.25) is 0 Å². The summed E-state index contributed by atoms with van der Waals surface area (Å²) in [5.74, 6) is 6.66. The van der Waals surface area contributed by atoms with Crippen LogP contribution in [0.15, 0.2) is 16.2 Å². The van der Waals surface area contributed by atoms with Crippen LogP contribution < -0.4 is 11.3 Å². The summed E-state index contributed by atoms with van der Waals surface area (Å²) in [6, 6.07) is 1.88. The quantitative estimate of drug-likeness (QED) is 0.278. The van der Waals surface area contributed by atoms with E-state index >= 15 is 0 Å². The van der Waals surface area contributed by atoms with Crippen LogP contribution in [0, 0.1) is 5.92 Å². The number of nitrogen functional groups attached to an aromatic ring is 1. The number of hydrogen-bond donors (Lipinski definition) is 2. The van der Waals surface area contributed by atoms with E-state index in [2.05, 4.69) is 36.2 Å². The highest BCUT2D eigenvalue weighted by atomic mass is 32.2. The van der Waals surface area contributed by atoms with Crippen molar-refractivity contribution < 1.29 is 0 Å². The van der Waals surface area contributed by atoms with Crippen molar-refractivity contribution in [1.29, 1.82) is 0 Å². The molecule has 1 rings (SSSR count). The SMILES string of the molecule is CSc1nc(NN)cc(SC(C)C(C)C)n1. The lowest BCUT2D eigenvalue weighted by atomic mass is 10.2. The summed E-state index contributed by atoms with van der Waals surface area (Å²) in [6.45, 7) is 6.61. The number of anilines is 1. The number of rotatable bonds is 5. The predicted octanol–water partition coefficient (Wildman–Crippen LogP) is 2.62. The summed E-state index contributed by atoms with van der Waals surface area (Å²) < 4.78 is 0. The molecular weight excluding hydrogens is 240 g/mol. The molecule has 0 radical (unpaired) electrons. The Bertz CT molecular complexity index is 321. The minimum Gasteiger partial charge on any atom is -0.308 e. The third kappa shape index (κ3) is 3.84. The molecule has 1 unspecified atom stereocenters. The van der Waals surface area contributed by atoms with Crippen molar-refractivity contribution in [3.63, 3.8) is 0 Å². The summed E-state index contributed by atoms with van der Waals surface area (Å²) >= 11 is 3.27. The smallest absolute Gasteiger partial charge is 0.190 e. The van der Waals surface area contributed by atoms with Crippen molar-refractivity contribution in [2.75, 3.05) is 11.7 Å². The van der Waals surface area contributed by atoms with Gasteiger partial charge in [-0.2, -0.15) is 0 Å². The Morgan fingerprint density at radius 3 is 2.50 bits per heavy atom. The first-order valence-electron chi connectivity index (χ1n) is 5.13. The Morgan fingerprint density at radius 1 is 1.31 bits per heavy atom. The molecule has 0 spiro atoms. The largest absolute Gasteiger partial charge is 0.308 e. The number of nitrogens with zero attached hydrogens (tertiary/aromatic N) is 2. The van der Waals surface area contributed by atoms with Crippen LogP contribution >= 0.6 is 23.5 Å². The van der Waals surface area contributed by atoms with Crippen molar-refractivity contribution >= 4 is 29.3 Å². The van der Waals surface area contributed by atoms with Crippen LogP contribution in [-0.4, -0.2) is 21.5 Å². The first-order valence-corrected chi connectivity index (χ1v) is 7.23. The Balaban J connectivity index is 2.86. The van der Waals surface area contributed by atoms with E-state index in [0.29, 0.717) is 17.0 Å². The molecule has 0 aliphatic heterocycles. The number of thioether (sulfide) groups is 2. The van der Waals surface area contributed by atoms with Gasteiger partial charge in [0.05, 0.1) is 0 Å². The van der Waals surface area contributed by atoms with E-state index in [9.17, 15) is 0 Å². The van der Waals surface area contributed by atoms with Crippen LogP contribution in [0.2, 0.25) is 0 Å². The van der Waals surface area contributed by atoms with Gasteiger partial charge in [0, 0.05) is 11.3 Å². The fourth-order valence-electron chi connectivity index (χ4n) is 0.956. The van der Waals surface area contributed by atoms with Crippen LogP contribution in [0.4, 0.5) is 5.82 Å². The number of nitrogens with one attached hydrogen (secondary N) is 1. The van der Waals surface area contributed by atoms with Crippen LogP contribution in [0.3, 0.4) is 0 Å². The lowest BCUT2D eigenvalue weighted by molar-refractivity contribution is 0.641. The van der Waals surface area contributed by atoms with Crippen molar-refractivity contribution in [2.24, 2.45) is 11.8 Å². The van der Waals surface area contributed by atoms with Gasteiger partial charge in [-0.05, 0) is 12.2 Å². The van der Waals surface area contributed by atoms with Crippen LogP contribution in [0.1, 0.15) is 20.8 Å². The average Bonchev–Trinajstić information content (AvgIpc) is 2.28. The monoisotopic (exact) mass is 258 g/mol. The summed E-state index contributed by atoms with van der Waals surface area (Å²) in [4.78, 5) is 8.67. The summed E-state index contributed by atoms with van der Waals surface area (Å²) in [7, 11) is 0. The third-order valence-electron chi connectivity index (χ3n) is 2.26. The van der Waals surface area contributed by atoms with Crippen molar-refractivity contribution in [1.82, 2.24) is 9.97 Å². The molecule has 0 fully saturated rings. The zero-order valence-electron chi connectivity index (χ0n) is 10.0. The van der Waals surface area contributed by atoms with Crippen molar-refractivity contribution in [2.45, 2.75) is 36.2 Å². The van der Waals surface area contributed by atoms with E-state index in [0.717, 1.165) is 10.2 Å². The van der Waals surface area contributed by atoms with Gasteiger partial charge in [0.2, 0.25) is 0 Å². The molecule has 0 saturated heterocycles. The molecule has 1 heterocycles. The molecule has 0 aromatic carbocycles. The fraction of sp³-hybridized carbons (Fsp3) is 0.600. The fourth-order valence-corrected chi connectivity index (χ4v) is 2.36. The maximum atomic E-state index is 5.37. The van der Waals surface area contributed by atoms with Crippen LogP contribution in [0.5, 0.6) is 0 Å². The number of aromatic nitrogens is 2. The van der Waals surface area contributed by atoms with Gasteiger partial charge in [-0.15, -0.1) is 11.8 Å². The molecule has 4 nitrogen and oxygen atoms in total. The van der Waals surface area contributed by atoms with Crippen molar-refractivity contribution in [3.05, 3.63) is 6.07 Å². The lowest BCUT2D eigenvalue weighted by Crippen LogP contribution is -2.11. The minimum absolute atomic E-state index is 0.523. The Morgan fingerprint density at radius 2 is 2.00 bits per heavy atom. The van der Waals surface area contributed by atoms with Gasteiger partial charge in [0.1, 0.15) is 10.8 Å². The molecular formula is C10H18N4S2. The third-order valence-corrected chi connectivity index (χ3v) is 4.17. The lowest BCUT2D eigenvalue weighted by Gasteiger charge is -2.14. The van der Waals surface area contributed by atoms with E-state index in [1.807, 2.05) is 12.3 Å². The molecule has 0 aliphatic rings. The van der Waals surface area contributed by atoms with E-state index in [-0.39, 0.29) is 0 Å². The van der Waals surface area contributed by atoms with Crippen molar-refractivity contribution in [3.8, 4) is 0 Å². The van der Waals surface area contributed by atoms with Gasteiger partial charge in [-0.1, -0.05) is 32.5 Å². The van der Waals surface area contributed by atoms with E-state index in [4.69, 9.17) is 5.84 Å². The summed E-state index contributed by atoms with van der Waals surface area (Å²) in [6.07, 6.45) is 1.95. The van der Waals surface area contributed by atoms with Crippen LogP contribution in [0.25, 0.3) is 0 Å². The molecule has 0 bridgehead atoms. The highest BCUT2D eigenvalue weighted by Crippen LogP contribution is 2.28. The molecule has 3 N–H and O–H groups in total. The molecule has 0 aliphatic carbocycles. The molecule has 6 heteroatoms. The van der Waals surface area contributed by atoms with Gasteiger partial charge < -0.3 is 5.43 Å². The Hall–Kier alpha value is -0.460. The summed E-state index contributed by atoms with van der Waals surface area (Å²) in [5, 5.41) is 2.23. The Kier molecular flexibility index (Phi) is 5.37. The van der Waals surface area contributed by atoms with Gasteiger partial charge in [-0.25, -0.2) is 15.8 Å². The second kappa shape index (κ2) is 6.32. The first-order chi connectivity index (χ1) is 7.56. The molecule has 1 aromatic rings.